The molecule has 0 amide bonds. The summed E-state index contributed by atoms with van der Waals surface area (Å²) in [6.45, 7) is 1.84. The van der Waals surface area contributed by atoms with Crippen molar-refractivity contribution in [1.82, 2.24) is 14.8 Å². The number of nitro benzene ring substituents is 2. The summed E-state index contributed by atoms with van der Waals surface area (Å²) in [6, 6.07) is 10.3. The van der Waals surface area contributed by atoms with Gasteiger partial charge in [0.2, 0.25) is 0 Å². The second-order valence-corrected chi connectivity index (χ2v) is 5.75. The highest BCUT2D eigenvalue weighted by atomic mass is 35.5. The highest BCUT2D eigenvalue weighted by molar-refractivity contribution is 6.30. The molecule has 26 heavy (non-hydrogen) atoms. The van der Waals surface area contributed by atoms with Crippen molar-refractivity contribution < 1.29 is 9.85 Å². The highest BCUT2D eigenvalue weighted by Crippen LogP contribution is 2.29. The van der Waals surface area contributed by atoms with Crippen molar-refractivity contribution in [3.63, 3.8) is 0 Å². The average molecular weight is 374 g/mol. The van der Waals surface area contributed by atoms with Gasteiger partial charge in [0.1, 0.15) is 11.5 Å². The van der Waals surface area contributed by atoms with E-state index in [9.17, 15) is 20.2 Å². The van der Waals surface area contributed by atoms with Crippen LogP contribution in [0.15, 0.2) is 42.5 Å². The van der Waals surface area contributed by atoms with Crippen LogP contribution in [-0.2, 0) is 6.42 Å². The van der Waals surface area contributed by atoms with Crippen LogP contribution in [0.4, 0.5) is 11.4 Å². The second kappa shape index (κ2) is 6.89. The SMILES string of the molecule is CCc1nc(-c2ccc(Cl)cc2)nn1-c1ccc([N+](=O)[O-])cc1[N+](=O)[O-]. The number of hydrogen-bond donors (Lipinski definition) is 0. The van der Waals surface area contributed by atoms with Crippen molar-refractivity contribution in [2.75, 3.05) is 0 Å². The fraction of sp³-hybridized carbons (Fsp3) is 0.125. The van der Waals surface area contributed by atoms with E-state index in [1.165, 1.54) is 16.8 Å². The first-order valence-corrected chi connectivity index (χ1v) is 7.93. The maximum absolute atomic E-state index is 11.4. The maximum atomic E-state index is 11.4. The minimum absolute atomic E-state index is 0.116. The highest BCUT2D eigenvalue weighted by Gasteiger charge is 2.24. The topological polar surface area (TPSA) is 117 Å². The smallest absolute Gasteiger partial charge is 0.258 e. The van der Waals surface area contributed by atoms with E-state index in [1.807, 2.05) is 6.92 Å². The van der Waals surface area contributed by atoms with Gasteiger partial charge in [-0.1, -0.05) is 18.5 Å². The lowest BCUT2D eigenvalue weighted by Crippen LogP contribution is -2.06. The summed E-state index contributed by atoms with van der Waals surface area (Å²) >= 11 is 5.88. The molecule has 0 N–H and O–H groups in total. The summed E-state index contributed by atoms with van der Waals surface area (Å²) in [5.41, 5.74) is 0.0376. The first-order valence-electron chi connectivity index (χ1n) is 7.55. The number of aromatic nitrogens is 3. The number of non-ortho nitro benzene ring substituents is 1. The summed E-state index contributed by atoms with van der Waals surface area (Å²) < 4.78 is 1.34. The van der Waals surface area contributed by atoms with Crippen LogP contribution in [0, 0.1) is 20.2 Å². The minimum atomic E-state index is -0.683. The van der Waals surface area contributed by atoms with Crippen LogP contribution in [0.2, 0.25) is 5.02 Å². The lowest BCUT2D eigenvalue weighted by Gasteiger charge is -2.05. The Morgan fingerprint density at radius 2 is 1.77 bits per heavy atom. The molecule has 1 aromatic heterocycles. The van der Waals surface area contributed by atoms with Crippen molar-refractivity contribution in [2.45, 2.75) is 13.3 Å². The lowest BCUT2D eigenvalue weighted by atomic mass is 10.2. The normalized spacial score (nSPS) is 10.7. The molecular weight excluding hydrogens is 362 g/mol. The number of halogens is 1. The van der Waals surface area contributed by atoms with E-state index in [-0.39, 0.29) is 11.4 Å². The molecule has 0 unspecified atom stereocenters. The molecule has 2 aromatic carbocycles. The molecule has 3 rings (SSSR count). The Balaban J connectivity index is 2.16. The van der Waals surface area contributed by atoms with E-state index in [2.05, 4.69) is 10.1 Å². The van der Waals surface area contributed by atoms with Crippen LogP contribution >= 0.6 is 11.6 Å². The summed E-state index contributed by atoms with van der Waals surface area (Å²) in [7, 11) is 0. The summed E-state index contributed by atoms with van der Waals surface area (Å²) in [5.74, 6) is 0.873. The number of rotatable bonds is 5. The van der Waals surface area contributed by atoms with E-state index in [1.54, 1.807) is 24.3 Å². The molecule has 132 valence electrons. The van der Waals surface area contributed by atoms with Crippen LogP contribution in [-0.4, -0.2) is 24.6 Å². The fourth-order valence-corrected chi connectivity index (χ4v) is 2.56. The Morgan fingerprint density at radius 1 is 1.08 bits per heavy atom. The summed E-state index contributed by atoms with van der Waals surface area (Å²) in [5, 5.41) is 27.2. The standard InChI is InChI=1S/C16H12ClN5O4/c1-2-15-18-16(10-3-5-11(17)6-4-10)19-20(15)13-8-7-12(21(23)24)9-14(13)22(25)26/h3-9H,2H2,1H3. The Bertz CT molecular complexity index is 1000. The van der Waals surface area contributed by atoms with Crippen molar-refractivity contribution in [1.29, 1.82) is 0 Å². The molecule has 0 saturated heterocycles. The number of hydrogen-bond acceptors (Lipinski definition) is 6. The third kappa shape index (κ3) is 3.24. The predicted octanol–water partition coefficient (Wildman–Crippen LogP) is 3.97. The molecule has 9 nitrogen and oxygen atoms in total. The van der Waals surface area contributed by atoms with E-state index in [0.717, 1.165) is 6.07 Å². The van der Waals surface area contributed by atoms with Crippen molar-refractivity contribution in [3.8, 4) is 17.1 Å². The van der Waals surface area contributed by atoms with Gasteiger partial charge in [0.15, 0.2) is 5.82 Å². The zero-order valence-corrected chi connectivity index (χ0v) is 14.3. The van der Waals surface area contributed by atoms with Crippen LogP contribution in [0.1, 0.15) is 12.7 Å². The van der Waals surface area contributed by atoms with Gasteiger partial charge in [-0.05, 0) is 30.3 Å². The molecule has 0 fully saturated rings. The van der Waals surface area contributed by atoms with Gasteiger partial charge in [-0.2, -0.15) is 0 Å². The number of benzene rings is 2. The zero-order valence-electron chi connectivity index (χ0n) is 13.5. The Labute approximate surface area is 152 Å². The third-order valence-electron chi connectivity index (χ3n) is 3.69. The second-order valence-electron chi connectivity index (χ2n) is 5.31. The van der Waals surface area contributed by atoms with E-state index in [0.29, 0.717) is 28.7 Å². The molecule has 0 aliphatic heterocycles. The van der Waals surface area contributed by atoms with Crippen molar-refractivity contribution in [3.05, 3.63) is 73.5 Å². The van der Waals surface area contributed by atoms with Crippen LogP contribution < -0.4 is 0 Å². The van der Waals surface area contributed by atoms with Crippen molar-refractivity contribution >= 4 is 23.0 Å². The summed E-state index contributed by atoms with van der Waals surface area (Å²) in [4.78, 5) is 25.3. The largest absolute Gasteiger partial charge is 0.301 e. The molecule has 0 radical (unpaired) electrons. The molecular formula is C16H12ClN5O4. The molecule has 0 aliphatic rings. The fourth-order valence-electron chi connectivity index (χ4n) is 2.44. The molecule has 0 atom stereocenters. The third-order valence-corrected chi connectivity index (χ3v) is 3.94. The van der Waals surface area contributed by atoms with Gasteiger partial charge >= 0.3 is 5.69 Å². The minimum Gasteiger partial charge on any atom is -0.258 e. The Kier molecular flexibility index (Phi) is 4.63. The number of nitro groups is 2. The quantitative estimate of drug-likeness (QED) is 0.493. The van der Waals surface area contributed by atoms with Crippen LogP contribution in [0.5, 0.6) is 0 Å². The molecule has 0 saturated carbocycles. The van der Waals surface area contributed by atoms with Gasteiger partial charge in [-0.15, -0.1) is 5.10 Å². The van der Waals surface area contributed by atoms with Gasteiger partial charge in [-0.3, -0.25) is 20.2 Å². The predicted molar refractivity (Wildman–Crippen MR) is 94.5 cm³/mol. The molecule has 0 bridgehead atoms. The van der Waals surface area contributed by atoms with Crippen LogP contribution in [0.3, 0.4) is 0 Å². The van der Waals surface area contributed by atoms with Gasteiger partial charge in [0.05, 0.1) is 15.9 Å². The van der Waals surface area contributed by atoms with E-state index < -0.39 is 15.5 Å². The Morgan fingerprint density at radius 3 is 2.35 bits per heavy atom. The molecule has 10 heteroatoms. The van der Waals surface area contributed by atoms with Crippen LogP contribution in [0.25, 0.3) is 17.1 Å². The monoisotopic (exact) mass is 373 g/mol. The molecule has 0 spiro atoms. The first kappa shape index (κ1) is 17.5. The molecule has 1 heterocycles. The maximum Gasteiger partial charge on any atom is 0.301 e. The van der Waals surface area contributed by atoms with Gasteiger partial charge in [0, 0.05) is 23.1 Å². The van der Waals surface area contributed by atoms with Gasteiger partial charge in [0.25, 0.3) is 5.69 Å². The first-order chi connectivity index (χ1) is 12.4. The van der Waals surface area contributed by atoms with Gasteiger partial charge < -0.3 is 0 Å². The van der Waals surface area contributed by atoms with Crippen molar-refractivity contribution in [2.24, 2.45) is 0 Å². The van der Waals surface area contributed by atoms with Gasteiger partial charge in [-0.25, -0.2) is 9.67 Å². The molecule has 0 aliphatic carbocycles. The molecule has 3 aromatic rings. The lowest BCUT2D eigenvalue weighted by molar-refractivity contribution is -0.394. The van der Waals surface area contributed by atoms with E-state index >= 15 is 0 Å². The van der Waals surface area contributed by atoms with E-state index in [4.69, 9.17) is 11.6 Å². The summed E-state index contributed by atoms with van der Waals surface area (Å²) in [6.07, 6.45) is 0.467. The number of nitrogens with zero attached hydrogens (tertiary/aromatic N) is 5. The Hall–Kier alpha value is -3.33. The zero-order chi connectivity index (χ0) is 18.8. The average Bonchev–Trinajstić information content (AvgIpc) is 3.05. The number of aryl methyl sites for hydroxylation is 1.